The van der Waals surface area contributed by atoms with Crippen LogP contribution in [-0.2, 0) is 0 Å². The van der Waals surface area contributed by atoms with E-state index in [9.17, 15) is 17.8 Å². The maximum Gasteiger partial charge on any atom is 0.136 e. The molecule has 0 saturated carbocycles. The van der Waals surface area contributed by atoms with Gasteiger partial charge in [-0.2, -0.15) is 0 Å². The SMILES string of the molecule is [2H]c1c([2H])c(-c2c3c([2H])c([2H])c([2H])c([2H])c3c(-c3c([2H])c([2H])c4c(c3[2H])c([2H])c([2H])c3c([2H])c([2H])c([2H])c([2H])c34)c3c([2H])c([2H])c(C)c([2H])c23)c([2H])c([2H])c1-c1c([2H])c([2H])c2oc3c([2H])c4c([2H])c([2H])c([2H])c([2H])c4c([2H])c3c2c1[2H]. The highest BCUT2D eigenvalue weighted by Gasteiger charge is 2.18. The molecule has 1 nitrogen and oxygen atoms in total. The van der Waals surface area contributed by atoms with Gasteiger partial charge in [0.1, 0.15) is 11.2 Å². The predicted octanol–water partition coefficient (Wildman–Crippen LogP) is 14.7. The molecule has 0 aliphatic carbocycles. The molecule has 0 atom stereocenters. The van der Waals surface area contributed by atoms with Gasteiger partial charge in [0.05, 0.1) is 39.8 Å². The summed E-state index contributed by atoms with van der Waals surface area (Å²) in [6.07, 6.45) is 0. The minimum absolute atomic E-state index is 0.272. The Balaban J connectivity index is 1.32. The minimum atomic E-state index is -1.06. The molecule has 1 heteroatoms. The molecule has 0 spiro atoms. The number of hydrogen-bond acceptors (Lipinski definition) is 1. The van der Waals surface area contributed by atoms with Crippen LogP contribution in [0.3, 0.4) is 0 Å². The molecule has 0 aliphatic heterocycles. The minimum Gasteiger partial charge on any atom is -0.456 e. The molecule has 0 unspecified atom stereocenters. The monoisotopic (exact) mass is 689 g/mol. The summed E-state index contributed by atoms with van der Waals surface area (Å²) in [5.74, 6) is 0. The molecule has 0 amide bonds. The average Bonchev–Trinajstić information content (AvgIpc) is 2.25. The number of fused-ring (bicyclic) bond motifs is 9. The summed E-state index contributed by atoms with van der Waals surface area (Å²) in [5, 5.41) is -6.58. The van der Waals surface area contributed by atoms with Crippen LogP contribution in [0.1, 0.15) is 45.3 Å². The van der Waals surface area contributed by atoms with Crippen molar-refractivity contribution in [3.05, 3.63) is 181 Å². The molecule has 0 aliphatic rings. The zero-order valence-electron chi connectivity index (χ0n) is 55.4. The van der Waals surface area contributed by atoms with Gasteiger partial charge in [-0.25, -0.2) is 0 Å². The van der Waals surface area contributed by atoms with E-state index in [1.54, 1.807) is 0 Å². The first-order chi connectivity index (χ1) is 37.8. The van der Waals surface area contributed by atoms with E-state index in [-0.39, 0.29) is 5.56 Å². The van der Waals surface area contributed by atoms with Crippen LogP contribution in [0, 0.1) is 6.92 Å². The standard InChI is InChI=1S/C51H32O/c1-31-14-23-44-47(26-31)50(42-12-6-7-13-43(42)51(44)39-21-24-41-38(27-39)20-17-33-8-4-5-11-40(33)41)34-18-15-32(16-19-34)37-22-25-48-45(29-37)46-28-35-9-2-3-10-36(35)30-49(46)52-48/h2-30H,1H3/i2D,3D,4D,5D,6D,7D,8D,9D,10D,11D,12D,13D,14D,15D,16D,17D,18D,19D,20D,21D,22D,23D,24D,25D,26D,27D,28D,29D,30D. The van der Waals surface area contributed by atoms with Gasteiger partial charge in [0, 0.05) is 10.8 Å². The Kier molecular flexibility index (Phi) is 2.68. The van der Waals surface area contributed by atoms with Crippen molar-refractivity contribution >= 4 is 75.8 Å². The summed E-state index contributed by atoms with van der Waals surface area (Å²) < 4.78 is 270. The molecule has 10 aromatic carbocycles. The van der Waals surface area contributed by atoms with E-state index < -0.39 is 284 Å². The smallest absolute Gasteiger partial charge is 0.136 e. The summed E-state index contributed by atoms with van der Waals surface area (Å²) in [6.45, 7) is 1.23. The van der Waals surface area contributed by atoms with Gasteiger partial charge < -0.3 is 4.42 Å². The van der Waals surface area contributed by atoms with Gasteiger partial charge in [-0.05, 0) is 124 Å². The zero-order chi connectivity index (χ0) is 59.6. The van der Waals surface area contributed by atoms with Crippen LogP contribution in [0.5, 0.6) is 0 Å². The highest BCUT2D eigenvalue weighted by molar-refractivity contribution is 6.22. The summed E-state index contributed by atoms with van der Waals surface area (Å²) in [6, 6.07) is -24.8. The molecular formula is C51H32O. The third kappa shape index (κ3) is 4.43. The first-order valence-corrected chi connectivity index (χ1v) is 15.7. The number of hydrogen-bond donors (Lipinski definition) is 0. The Labute approximate surface area is 341 Å². The number of furan rings is 1. The Morgan fingerprint density at radius 1 is 0.327 bits per heavy atom. The zero-order valence-corrected chi connectivity index (χ0v) is 26.4. The molecule has 52 heavy (non-hydrogen) atoms. The molecule has 11 rings (SSSR count). The van der Waals surface area contributed by atoms with Crippen molar-refractivity contribution in [1.29, 1.82) is 0 Å². The highest BCUT2D eigenvalue weighted by Crippen LogP contribution is 2.45. The van der Waals surface area contributed by atoms with Crippen LogP contribution in [0.2, 0.25) is 0 Å². The van der Waals surface area contributed by atoms with E-state index in [4.69, 9.17) is 26.3 Å². The van der Waals surface area contributed by atoms with Crippen molar-refractivity contribution in [3.63, 3.8) is 0 Å². The second kappa shape index (κ2) is 11.2. The fraction of sp³-hybridized carbons (Fsp3) is 0.0196. The van der Waals surface area contributed by atoms with E-state index in [0.29, 0.717) is 0 Å². The molecule has 0 radical (unpaired) electrons. The van der Waals surface area contributed by atoms with Crippen LogP contribution < -0.4 is 0 Å². The molecule has 1 heterocycles. The predicted molar refractivity (Wildman–Crippen MR) is 222 cm³/mol. The van der Waals surface area contributed by atoms with E-state index in [0.717, 1.165) is 0 Å². The van der Waals surface area contributed by atoms with Gasteiger partial charge >= 0.3 is 0 Å². The molecular weight excluding hydrogens is 629 g/mol. The number of rotatable bonds is 3. The van der Waals surface area contributed by atoms with Crippen molar-refractivity contribution in [2.24, 2.45) is 0 Å². The lowest BCUT2D eigenvalue weighted by atomic mass is 9.84. The van der Waals surface area contributed by atoms with Crippen molar-refractivity contribution in [2.75, 3.05) is 0 Å². The van der Waals surface area contributed by atoms with E-state index in [1.165, 1.54) is 6.92 Å². The van der Waals surface area contributed by atoms with Crippen molar-refractivity contribution in [3.8, 4) is 33.4 Å². The summed E-state index contributed by atoms with van der Waals surface area (Å²) in [7, 11) is 0. The van der Waals surface area contributed by atoms with Crippen LogP contribution in [-0.4, -0.2) is 0 Å². The lowest BCUT2D eigenvalue weighted by Crippen LogP contribution is -1.92. The second-order valence-electron chi connectivity index (χ2n) is 11.8. The molecule has 0 bridgehead atoms. The van der Waals surface area contributed by atoms with Gasteiger partial charge in [-0.3, -0.25) is 0 Å². The van der Waals surface area contributed by atoms with Crippen LogP contribution in [0.4, 0.5) is 0 Å². The fourth-order valence-electron chi connectivity index (χ4n) is 6.39. The second-order valence-corrected chi connectivity index (χ2v) is 11.8. The van der Waals surface area contributed by atoms with Crippen molar-refractivity contribution in [2.45, 2.75) is 6.92 Å². The third-order valence-corrected chi connectivity index (χ3v) is 8.70. The average molecular weight is 690 g/mol. The first kappa shape index (κ1) is 12.5. The normalized spacial score (nSPS) is 19.8. The van der Waals surface area contributed by atoms with Gasteiger partial charge in [-0.15, -0.1) is 0 Å². The van der Waals surface area contributed by atoms with E-state index in [2.05, 4.69) is 0 Å². The largest absolute Gasteiger partial charge is 0.456 e. The van der Waals surface area contributed by atoms with Crippen LogP contribution in [0.25, 0.3) is 109 Å². The highest BCUT2D eigenvalue weighted by atomic mass is 16.3. The van der Waals surface area contributed by atoms with Crippen LogP contribution in [0.15, 0.2) is 180 Å². The molecule has 11 aromatic rings. The number of benzene rings is 10. The lowest BCUT2D eigenvalue weighted by molar-refractivity contribution is 0.669. The third-order valence-electron chi connectivity index (χ3n) is 8.70. The molecule has 0 saturated heterocycles. The Morgan fingerprint density at radius 3 is 1.69 bits per heavy atom. The fourth-order valence-corrected chi connectivity index (χ4v) is 6.39. The van der Waals surface area contributed by atoms with Gasteiger partial charge in [-0.1, -0.05) is 151 Å². The Hall–Kier alpha value is -6.70. The van der Waals surface area contributed by atoms with Gasteiger partial charge in [0.15, 0.2) is 0 Å². The molecule has 1 aromatic heterocycles. The van der Waals surface area contributed by atoms with Gasteiger partial charge in [0.2, 0.25) is 0 Å². The van der Waals surface area contributed by atoms with E-state index in [1.807, 2.05) is 0 Å². The quantitative estimate of drug-likeness (QED) is 0.133. The summed E-state index contributed by atoms with van der Waals surface area (Å²) in [5.41, 5.74) is -5.84. The molecule has 0 fully saturated rings. The lowest BCUT2D eigenvalue weighted by Gasteiger charge is -2.19. The topological polar surface area (TPSA) is 13.1 Å². The van der Waals surface area contributed by atoms with E-state index >= 15 is 0 Å². The summed E-state index contributed by atoms with van der Waals surface area (Å²) in [4.78, 5) is 0. The molecule has 0 N–H and O–H groups in total. The van der Waals surface area contributed by atoms with Gasteiger partial charge in [0.25, 0.3) is 0 Å². The summed E-state index contributed by atoms with van der Waals surface area (Å²) >= 11 is 0. The first-order valence-electron chi connectivity index (χ1n) is 30.2. The molecule has 242 valence electrons. The van der Waals surface area contributed by atoms with Crippen LogP contribution >= 0.6 is 0 Å². The maximum atomic E-state index is 9.76. The van der Waals surface area contributed by atoms with Crippen molar-refractivity contribution < 1.29 is 44.2 Å². The Bertz CT molecular complexity index is 4820. The Morgan fingerprint density at radius 2 is 0.885 bits per heavy atom. The maximum absolute atomic E-state index is 9.76. The van der Waals surface area contributed by atoms with Crippen molar-refractivity contribution in [1.82, 2.24) is 0 Å².